The number of likely N-dealkylation sites (N-methyl/N-ethyl adjacent to an activating group) is 1. The van der Waals surface area contributed by atoms with E-state index in [1.165, 1.54) is 17.1 Å². The molecule has 1 fully saturated rings. The van der Waals surface area contributed by atoms with Crippen molar-refractivity contribution in [1.82, 2.24) is 24.6 Å². The number of amides is 1. The number of benzene rings is 1. The van der Waals surface area contributed by atoms with Crippen molar-refractivity contribution < 1.29 is 4.79 Å². The van der Waals surface area contributed by atoms with Crippen molar-refractivity contribution in [2.45, 2.75) is 0 Å². The van der Waals surface area contributed by atoms with Gasteiger partial charge in [-0.25, -0.2) is 14.6 Å². The number of anilines is 2. The molecular formula is C20H21N9O. The number of primary amides is 1. The lowest BCUT2D eigenvalue weighted by Gasteiger charge is -2.34. The van der Waals surface area contributed by atoms with E-state index in [2.05, 4.69) is 38.0 Å². The van der Waals surface area contributed by atoms with Gasteiger partial charge in [0, 0.05) is 37.9 Å². The molecule has 152 valence electrons. The van der Waals surface area contributed by atoms with Crippen molar-refractivity contribution >= 4 is 17.4 Å². The van der Waals surface area contributed by atoms with Crippen LogP contribution in [0, 0.1) is 11.3 Å². The molecule has 4 rings (SSSR count). The zero-order chi connectivity index (χ0) is 21.3. The van der Waals surface area contributed by atoms with Crippen LogP contribution in [0.5, 0.6) is 0 Å². The van der Waals surface area contributed by atoms with Gasteiger partial charge in [-0.15, -0.1) is 0 Å². The van der Waals surface area contributed by atoms with Crippen molar-refractivity contribution in [3.05, 3.63) is 47.9 Å². The Balaban J connectivity index is 1.68. The Morgan fingerprint density at radius 3 is 2.63 bits per heavy atom. The summed E-state index contributed by atoms with van der Waals surface area (Å²) in [5, 5.41) is 13.8. The molecule has 0 unspecified atom stereocenters. The van der Waals surface area contributed by atoms with Gasteiger partial charge in [-0.2, -0.15) is 10.4 Å². The number of rotatable bonds is 4. The first kappa shape index (κ1) is 19.4. The second-order valence-corrected chi connectivity index (χ2v) is 7.14. The largest absolute Gasteiger partial charge is 0.381 e. The van der Waals surface area contributed by atoms with E-state index in [-0.39, 0.29) is 17.2 Å². The second-order valence-electron chi connectivity index (χ2n) is 7.14. The Kier molecular flexibility index (Phi) is 5.04. The van der Waals surface area contributed by atoms with Gasteiger partial charge in [-0.3, -0.25) is 4.79 Å². The number of nitrogen functional groups attached to an aromatic ring is 1. The Morgan fingerprint density at radius 1 is 1.20 bits per heavy atom. The van der Waals surface area contributed by atoms with Gasteiger partial charge in [0.1, 0.15) is 6.07 Å². The Hall–Kier alpha value is -3.97. The molecule has 1 saturated heterocycles. The zero-order valence-corrected chi connectivity index (χ0v) is 16.5. The van der Waals surface area contributed by atoms with Crippen LogP contribution in [0.4, 0.5) is 11.5 Å². The quantitative estimate of drug-likeness (QED) is 0.646. The number of nitrogens with zero attached hydrogens (tertiary/aromatic N) is 7. The monoisotopic (exact) mass is 403 g/mol. The van der Waals surface area contributed by atoms with Crippen LogP contribution in [0.25, 0.3) is 17.1 Å². The summed E-state index contributed by atoms with van der Waals surface area (Å²) in [7, 11) is 2.09. The van der Waals surface area contributed by atoms with E-state index in [1.54, 1.807) is 12.3 Å². The number of hydrogen-bond donors (Lipinski definition) is 2. The standard InChI is InChI=1S/C20H21N9O/c1-27-4-6-28(7-5-27)17-3-2-13(8-14(17)9-21)16-11-24-18(22)20(26-16)29-12-15(10-25-29)19(23)30/h2-3,8,10-12H,4-7H2,1H3,(H2,22,24)(H2,23,30). The van der Waals surface area contributed by atoms with Crippen molar-refractivity contribution in [3.8, 4) is 23.1 Å². The van der Waals surface area contributed by atoms with Crippen LogP contribution in [-0.2, 0) is 0 Å². The van der Waals surface area contributed by atoms with Crippen LogP contribution in [0.2, 0.25) is 0 Å². The SMILES string of the molecule is CN1CCN(c2ccc(-c3cnc(N)c(-n4cc(C(N)=O)cn4)n3)cc2C#N)CC1. The highest BCUT2D eigenvalue weighted by Gasteiger charge is 2.18. The summed E-state index contributed by atoms with van der Waals surface area (Å²) in [6.07, 6.45) is 4.34. The van der Waals surface area contributed by atoms with Crippen molar-refractivity contribution in [2.75, 3.05) is 43.9 Å². The number of hydrogen-bond acceptors (Lipinski definition) is 8. The summed E-state index contributed by atoms with van der Waals surface area (Å²) < 4.78 is 1.36. The summed E-state index contributed by atoms with van der Waals surface area (Å²) in [6, 6.07) is 7.95. The van der Waals surface area contributed by atoms with E-state index in [0.717, 1.165) is 37.4 Å². The predicted octanol–water partition coefficient (Wildman–Crippen LogP) is 0.634. The number of carbonyl (C=O) groups is 1. The molecule has 1 aliphatic rings. The molecule has 1 aliphatic heterocycles. The summed E-state index contributed by atoms with van der Waals surface area (Å²) in [5.41, 5.74) is 14.2. The van der Waals surface area contributed by atoms with Crippen LogP contribution in [0.3, 0.4) is 0 Å². The lowest BCUT2D eigenvalue weighted by atomic mass is 10.1. The van der Waals surface area contributed by atoms with Crippen LogP contribution in [0.15, 0.2) is 36.8 Å². The summed E-state index contributed by atoms with van der Waals surface area (Å²) in [6.45, 7) is 3.66. The summed E-state index contributed by atoms with van der Waals surface area (Å²) in [4.78, 5) is 24.6. The number of piperazine rings is 1. The minimum atomic E-state index is -0.595. The molecule has 30 heavy (non-hydrogen) atoms. The van der Waals surface area contributed by atoms with Gasteiger partial charge in [0.25, 0.3) is 5.91 Å². The molecule has 3 aromatic rings. The highest BCUT2D eigenvalue weighted by molar-refractivity contribution is 5.92. The predicted molar refractivity (Wildman–Crippen MR) is 112 cm³/mol. The topological polar surface area (TPSA) is 143 Å². The van der Waals surface area contributed by atoms with E-state index in [1.807, 2.05) is 12.1 Å². The first-order valence-corrected chi connectivity index (χ1v) is 9.41. The van der Waals surface area contributed by atoms with Gasteiger partial charge in [0.15, 0.2) is 11.6 Å². The van der Waals surface area contributed by atoms with E-state index >= 15 is 0 Å². The normalized spacial score (nSPS) is 14.5. The lowest BCUT2D eigenvalue weighted by Crippen LogP contribution is -2.44. The molecule has 0 aliphatic carbocycles. The number of nitrogens with two attached hydrogens (primary N) is 2. The van der Waals surface area contributed by atoms with E-state index < -0.39 is 5.91 Å². The van der Waals surface area contributed by atoms with Gasteiger partial charge < -0.3 is 21.3 Å². The van der Waals surface area contributed by atoms with Crippen LogP contribution in [0.1, 0.15) is 15.9 Å². The smallest absolute Gasteiger partial charge is 0.251 e. The maximum atomic E-state index is 11.3. The minimum absolute atomic E-state index is 0.160. The van der Waals surface area contributed by atoms with Crippen molar-refractivity contribution in [1.29, 1.82) is 5.26 Å². The fourth-order valence-electron chi connectivity index (χ4n) is 3.37. The van der Waals surface area contributed by atoms with Crippen LogP contribution in [-0.4, -0.2) is 63.8 Å². The number of nitriles is 1. The van der Waals surface area contributed by atoms with Gasteiger partial charge in [-0.05, 0) is 19.2 Å². The maximum absolute atomic E-state index is 11.3. The first-order chi connectivity index (χ1) is 14.5. The molecule has 10 nitrogen and oxygen atoms in total. The molecular weight excluding hydrogens is 382 g/mol. The fourth-order valence-corrected chi connectivity index (χ4v) is 3.37. The highest BCUT2D eigenvalue weighted by Crippen LogP contribution is 2.28. The van der Waals surface area contributed by atoms with E-state index in [9.17, 15) is 10.1 Å². The molecule has 0 radical (unpaired) electrons. The molecule has 2 aromatic heterocycles. The highest BCUT2D eigenvalue weighted by atomic mass is 16.1. The van der Waals surface area contributed by atoms with Crippen molar-refractivity contribution in [2.24, 2.45) is 5.73 Å². The molecule has 4 N–H and O–H groups in total. The summed E-state index contributed by atoms with van der Waals surface area (Å²) >= 11 is 0. The van der Waals surface area contributed by atoms with E-state index in [4.69, 9.17) is 11.5 Å². The molecule has 0 bridgehead atoms. The minimum Gasteiger partial charge on any atom is -0.381 e. The third-order valence-electron chi connectivity index (χ3n) is 5.12. The summed E-state index contributed by atoms with van der Waals surface area (Å²) in [5.74, 6) is -0.156. The average Bonchev–Trinajstić information content (AvgIpc) is 3.25. The first-order valence-electron chi connectivity index (χ1n) is 9.41. The van der Waals surface area contributed by atoms with Gasteiger partial charge >= 0.3 is 0 Å². The molecule has 10 heteroatoms. The number of carbonyl (C=O) groups excluding carboxylic acids is 1. The Bertz CT molecular complexity index is 1140. The van der Waals surface area contributed by atoms with Gasteiger partial charge in [-0.1, -0.05) is 6.07 Å². The average molecular weight is 403 g/mol. The van der Waals surface area contributed by atoms with E-state index in [0.29, 0.717) is 11.3 Å². The third kappa shape index (κ3) is 3.66. The van der Waals surface area contributed by atoms with Crippen LogP contribution < -0.4 is 16.4 Å². The van der Waals surface area contributed by atoms with Gasteiger partial charge in [0.2, 0.25) is 0 Å². The molecule has 0 saturated carbocycles. The third-order valence-corrected chi connectivity index (χ3v) is 5.12. The molecule has 3 heterocycles. The second kappa shape index (κ2) is 7.81. The zero-order valence-electron chi connectivity index (χ0n) is 16.5. The Labute approximate surface area is 173 Å². The molecule has 1 amide bonds. The molecule has 0 atom stereocenters. The number of aromatic nitrogens is 4. The van der Waals surface area contributed by atoms with Crippen LogP contribution >= 0.6 is 0 Å². The fraction of sp³-hybridized carbons (Fsp3) is 0.250. The molecule has 0 spiro atoms. The van der Waals surface area contributed by atoms with Gasteiger partial charge in [0.05, 0.1) is 34.9 Å². The maximum Gasteiger partial charge on any atom is 0.251 e. The lowest BCUT2D eigenvalue weighted by molar-refractivity contribution is 0.100. The Morgan fingerprint density at radius 2 is 1.97 bits per heavy atom. The molecule has 1 aromatic carbocycles. The van der Waals surface area contributed by atoms with Crippen molar-refractivity contribution in [3.63, 3.8) is 0 Å².